The Hall–Kier alpha value is -3.32. The Kier molecular flexibility index (Phi) is 6.75. The van der Waals surface area contributed by atoms with Crippen LogP contribution in [0.3, 0.4) is 0 Å². The molecule has 0 fully saturated rings. The predicted molar refractivity (Wildman–Crippen MR) is 141 cm³/mol. The number of carbonyl (C=O) groups is 2. The zero-order valence-electron chi connectivity index (χ0n) is 18.9. The second-order valence-electron chi connectivity index (χ2n) is 8.12. The Morgan fingerprint density at radius 2 is 1.75 bits per heavy atom. The first-order valence-electron chi connectivity index (χ1n) is 11.0. The summed E-state index contributed by atoms with van der Waals surface area (Å²) in [5.74, 6) is -0.0879. The van der Waals surface area contributed by atoms with Crippen molar-refractivity contribution in [3.05, 3.63) is 70.6 Å². The molecule has 1 aliphatic rings. The molecule has 5 rings (SSSR count). The number of nitrogens with zero attached hydrogens (tertiary/aromatic N) is 2. The number of benzene rings is 2. The van der Waals surface area contributed by atoms with E-state index in [1.54, 1.807) is 35.6 Å². The lowest BCUT2D eigenvalue weighted by Gasteiger charge is -2.10. The molecule has 2 aromatic heterocycles. The van der Waals surface area contributed by atoms with Gasteiger partial charge < -0.3 is 10.6 Å². The standard InChI is InChI=1S/C24H21N5O4S3/c25-36(32,33)16-11-9-15(10-12-16)26-19(30)13-34-24-28-21(27-22(31)14-5-2-1-3-6-14)20-17-7-4-8-18(17)35-23(20)29-24/h1-3,5-6,9-12H,4,7-8,13H2,(H,26,30)(H2,25,32,33)(H,27,28,29,31). The third-order valence-electron chi connectivity index (χ3n) is 5.61. The summed E-state index contributed by atoms with van der Waals surface area (Å²) in [6.07, 6.45) is 2.97. The van der Waals surface area contributed by atoms with E-state index >= 15 is 0 Å². The van der Waals surface area contributed by atoms with Crippen LogP contribution in [0.15, 0.2) is 64.6 Å². The number of nitrogens with one attached hydrogen (secondary N) is 2. The van der Waals surface area contributed by atoms with Gasteiger partial charge in [-0.15, -0.1) is 11.3 Å². The molecule has 0 radical (unpaired) electrons. The van der Waals surface area contributed by atoms with Gasteiger partial charge in [-0.25, -0.2) is 23.5 Å². The SMILES string of the molecule is NS(=O)(=O)c1ccc(NC(=O)CSc2nc(NC(=O)c3ccccc3)c3c4c(sc3n2)CCC4)cc1. The van der Waals surface area contributed by atoms with Gasteiger partial charge in [0.2, 0.25) is 15.9 Å². The number of carbonyl (C=O) groups excluding carboxylic acids is 2. The first-order chi connectivity index (χ1) is 17.3. The van der Waals surface area contributed by atoms with Crippen LogP contribution in [0.4, 0.5) is 11.5 Å². The van der Waals surface area contributed by atoms with Gasteiger partial charge in [0.05, 0.1) is 16.0 Å². The molecule has 2 aromatic carbocycles. The number of aryl methyl sites for hydroxylation is 2. The molecule has 0 saturated carbocycles. The number of amides is 2. The van der Waals surface area contributed by atoms with Gasteiger partial charge >= 0.3 is 0 Å². The second kappa shape index (κ2) is 9.97. The number of rotatable bonds is 7. The third-order valence-corrected chi connectivity index (χ3v) is 8.57. The van der Waals surface area contributed by atoms with Crippen molar-refractivity contribution in [3.63, 3.8) is 0 Å². The minimum atomic E-state index is -3.80. The molecule has 0 bridgehead atoms. The highest BCUT2D eigenvalue weighted by molar-refractivity contribution is 7.99. The summed E-state index contributed by atoms with van der Waals surface area (Å²) in [4.78, 5) is 36.6. The molecular weight excluding hydrogens is 518 g/mol. The van der Waals surface area contributed by atoms with Crippen molar-refractivity contribution < 1.29 is 18.0 Å². The number of aromatic nitrogens is 2. The first-order valence-corrected chi connectivity index (χ1v) is 14.4. The number of thiophene rings is 1. The maximum Gasteiger partial charge on any atom is 0.256 e. The molecule has 1 aliphatic carbocycles. The van der Waals surface area contributed by atoms with E-state index in [0.717, 1.165) is 41.2 Å². The second-order valence-corrected chi connectivity index (χ2v) is 11.7. The normalized spacial score (nSPS) is 12.9. The van der Waals surface area contributed by atoms with Gasteiger partial charge in [-0.1, -0.05) is 30.0 Å². The molecule has 0 saturated heterocycles. The molecule has 12 heteroatoms. The minimum absolute atomic E-state index is 0.0274. The summed E-state index contributed by atoms with van der Waals surface area (Å²) < 4.78 is 22.8. The van der Waals surface area contributed by atoms with Gasteiger partial charge in [-0.3, -0.25) is 9.59 Å². The first kappa shape index (κ1) is 24.4. The smallest absolute Gasteiger partial charge is 0.256 e. The number of hydrogen-bond acceptors (Lipinski definition) is 8. The van der Waals surface area contributed by atoms with Gasteiger partial charge in [-0.05, 0) is 61.2 Å². The van der Waals surface area contributed by atoms with Crippen molar-refractivity contribution in [2.75, 3.05) is 16.4 Å². The lowest BCUT2D eigenvalue weighted by Crippen LogP contribution is -2.16. The summed E-state index contributed by atoms with van der Waals surface area (Å²) in [7, 11) is -3.80. The van der Waals surface area contributed by atoms with E-state index in [4.69, 9.17) is 5.14 Å². The van der Waals surface area contributed by atoms with Gasteiger partial charge in [-0.2, -0.15) is 0 Å². The number of primary sulfonamides is 1. The molecule has 4 aromatic rings. The molecule has 2 amide bonds. The van der Waals surface area contributed by atoms with Crippen molar-refractivity contribution >= 4 is 66.7 Å². The van der Waals surface area contributed by atoms with E-state index in [0.29, 0.717) is 22.2 Å². The quantitative estimate of drug-likeness (QED) is 0.239. The van der Waals surface area contributed by atoms with Crippen LogP contribution in [0, 0.1) is 0 Å². The monoisotopic (exact) mass is 539 g/mol. The molecule has 0 aliphatic heterocycles. The van der Waals surface area contributed by atoms with Crippen LogP contribution in [-0.4, -0.2) is 36.0 Å². The van der Waals surface area contributed by atoms with Crippen LogP contribution in [0.5, 0.6) is 0 Å². The van der Waals surface area contributed by atoms with E-state index in [1.165, 1.54) is 34.7 Å². The highest BCUT2D eigenvalue weighted by Gasteiger charge is 2.24. The molecule has 2 heterocycles. The van der Waals surface area contributed by atoms with Crippen LogP contribution >= 0.6 is 23.1 Å². The number of nitrogens with two attached hydrogens (primary N) is 1. The molecule has 0 spiro atoms. The van der Waals surface area contributed by atoms with Gasteiger partial charge in [0.25, 0.3) is 5.91 Å². The number of thioether (sulfide) groups is 1. The average molecular weight is 540 g/mol. The van der Waals surface area contributed by atoms with E-state index in [-0.39, 0.29) is 22.5 Å². The van der Waals surface area contributed by atoms with Crippen LogP contribution < -0.4 is 15.8 Å². The fraction of sp³-hybridized carbons (Fsp3) is 0.167. The zero-order valence-corrected chi connectivity index (χ0v) is 21.3. The van der Waals surface area contributed by atoms with Crippen molar-refractivity contribution in [1.82, 2.24) is 9.97 Å². The molecule has 36 heavy (non-hydrogen) atoms. The fourth-order valence-corrected chi connectivity index (χ4v) is 6.43. The predicted octanol–water partition coefficient (Wildman–Crippen LogP) is 3.81. The molecule has 9 nitrogen and oxygen atoms in total. The van der Waals surface area contributed by atoms with Gasteiger partial charge in [0, 0.05) is 16.1 Å². The molecular formula is C24H21N5O4S3. The Morgan fingerprint density at radius 1 is 1.00 bits per heavy atom. The average Bonchev–Trinajstić information content (AvgIpc) is 3.44. The minimum Gasteiger partial charge on any atom is -0.325 e. The van der Waals surface area contributed by atoms with Crippen molar-refractivity contribution in [3.8, 4) is 0 Å². The third kappa shape index (κ3) is 5.26. The van der Waals surface area contributed by atoms with Crippen molar-refractivity contribution in [2.45, 2.75) is 29.3 Å². The molecule has 0 atom stereocenters. The van der Waals surface area contributed by atoms with Gasteiger partial charge in [0.1, 0.15) is 10.6 Å². The van der Waals surface area contributed by atoms with Crippen molar-refractivity contribution in [1.29, 1.82) is 0 Å². The Balaban J connectivity index is 1.34. The summed E-state index contributed by atoms with van der Waals surface area (Å²) in [5.41, 5.74) is 2.16. The zero-order chi connectivity index (χ0) is 25.3. The lowest BCUT2D eigenvalue weighted by atomic mass is 10.1. The molecule has 0 unspecified atom stereocenters. The van der Waals surface area contributed by atoms with E-state index in [2.05, 4.69) is 20.6 Å². The maximum atomic E-state index is 12.9. The summed E-state index contributed by atoms with van der Waals surface area (Å²) in [6.45, 7) is 0. The van der Waals surface area contributed by atoms with E-state index in [9.17, 15) is 18.0 Å². The fourth-order valence-electron chi connectivity index (χ4n) is 3.96. The van der Waals surface area contributed by atoms with E-state index in [1.807, 2.05) is 6.07 Å². The Bertz CT molecular complexity index is 1570. The van der Waals surface area contributed by atoms with Crippen molar-refractivity contribution in [2.24, 2.45) is 5.14 Å². The summed E-state index contributed by atoms with van der Waals surface area (Å²) in [6, 6.07) is 14.5. The highest BCUT2D eigenvalue weighted by Crippen LogP contribution is 2.40. The van der Waals surface area contributed by atoms with Gasteiger partial charge in [0.15, 0.2) is 5.16 Å². The molecule has 184 valence electrons. The lowest BCUT2D eigenvalue weighted by molar-refractivity contribution is -0.113. The van der Waals surface area contributed by atoms with Crippen LogP contribution in [0.1, 0.15) is 27.2 Å². The number of anilines is 2. The van der Waals surface area contributed by atoms with E-state index < -0.39 is 10.0 Å². The van der Waals surface area contributed by atoms with Crippen LogP contribution in [0.2, 0.25) is 0 Å². The summed E-state index contributed by atoms with van der Waals surface area (Å²) >= 11 is 2.76. The maximum absolute atomic E-state index is 12.9. The summed E-state index contributed by atoms with van der Waals surface area (Å²) in [5, 5.41) is 12.0. The number of sulfonamides is 1. The number of hydrogen-bond donors (Lipinski definition) is 3. The largest absolute Gasteiger partial charge is 0.325 e. The Morgan fingerprint density at radius 3 is 2.47 bits per heavy atom. The molecule has 4 N–H and O–H groups in total. The Labute approximate surface area is 215 Å². The van der Waals surface area contributed by atoms with Crippen LogP contribution in [-0.2, 0) is 27.7 Å². The number of fused-ring (bicyclic) bond motifs is 3. The van der Waals surface area contributed by atoms with Crippen LogP contribution in [0.25, 0.3) is 10.2 Å². The topological polar surface area (TPSA) is 144 Å². The highest BCUT2D eigenvalue weighted by atomic mass is 32.2.